The zero-order valence-corrected chi connectivity index (χ0v) is 12.5. The van der Waals surface area contributed by atoms with Crippen molar-refractivity contribution in [2.45, 2.75) is 6.42 Å². The number of likely N-dealkylation sites (tertiary alicyclic amines) is 1. The van der Waals surface area contributed by atoms with Crippen LogP contribution in [0.1, 0.15) is 12.0 Å². The van der Waals surface area contributed by atoms with Gasteiger partial charge in [-0.05, 0) is 30.2 Å². The highest BCUT2D eigenvalue weighted by molar-refractivity contribution is 6.32. The van der Waals surface area contributed by atoms with Crippen LogP contribution in [0.25, 0.3) is 6.08 Å². The highest BCUT2D eigenvalue weighted by Gasteiger charge is 2.28. The fraction of sp³-hybridized carbons (Fsp3) is 0.333. The molecular formula is C15H15ClN2O4. The maximum absolute atomic E-state index is 12.1. The number of fused-ring (bicyclic) bond motifs is 1. The monoisotopic (exact) mass is 322 g/mol. The lowest BCUT2D eigenvalue weighted by Crippen LogP contribution is -2.30. The number of rotatable bonds is 3. The summed E-state index contributed by atoms with van der Waals surface area (Å²) in [6.07, 6.45) is 3.73. The summed E-state index contributed by atoms with van der Waals surface area (Å²) < 4.78 is 10.5. The van der Waals surface area contributed by atoms with Crippen molar-refractivity contribution in [1.29, 1.82) is 0 Å². The van der Waals surface area contributed by atoms with Crippen LogP contribution >= 0.6 is 11.6 Å². The summed E-state index contributed by atoms with van der Waals surface area (Å²) in [4.78, 5) is 24.8. The highest BCUT2D eigenvalue weighted by atomic mass is 35.5. The maximum atomic E-state index is 12.1. The molecule has 1 aromatic rings. The standard InChI is InChI=1S/C15H15ClN2O4/c16-11-5-9(6-12-14(11)22-8-21-12)1-2-13(19)18-4-3-10(7-18)15(17)20/h1-2,5-6,10H,3-4,7-8H2,(H2,17,20). The molecule has 1 atom stereocenters. The minimum atomic E-state index is -0.359. The van der Waals surface area contributed by atoms with Gasteiger partial charge >= 0.3 is 0 Å². The van der Waals surface area contributed by atoms with Crippen LogP contribution in [0.5, 0.6) is 11.5 Å². The van der Waals surface area contributed by atoms with Gasteiger partial charge in [-0.3, -0.25) is 9.59 Å². The summed E-state index contributed by atoms with van der Waals surface area (Å²) in [6, 6.07) is 3.46. The molecule has 1 unspecified atom stereocenters. The van der Waals surface area contributed by atoms with Crippen molar-refractivity contribution in [3.05, 3.63) is 28.8 Å². The number of primary amides is 1. The number of hydrogen-bond donors (Lipinski definition) is 1. The molecule has 2 heterocycles. The van der Waals surface area contributed by atoms with Gasteiger partial charge < -0.3 is 20.1 Å². The number of carbonyl (C=O) groups is 2. The number of ether oxygens (including phenoxy) is 2. The third kappa shape index (κ3) is 2.87. The second kappa shape index (κ2) is 5.88. The average molecular weight is 323 g/mol. The van der Waals surface area contributed by atoms with Crippen LogP contribution < -0.4 is 15.2 Å². The summed E-state index contributed by atoms with van der Waals surface area (Å²) in [7, 11) is 0. The molecule has 1 saturated heterocycles. The molecule has 22 heavy (non-hydrogen) atoms. The Morgan fingerprint density at radius 2 is 2.18 bits per heavy atom. The Hall–Kier alpha value is -2.21. The van der Waals surface area contributed by atoms with Crippen molar-refractivity contribution in [2.24, 2.45) is 11.7 Å². The molecule has 2 aliphatic rings. The van der Waals surface area contributed by atoms with Crippen molar-refractivity contribution < 1.29 is 19.1 Å². The number of amides is 2. The number of benzene rings is 1. The summed E-state index contributed by atoms with van der Waals surface area (Å²) in [5.41, 5.74) is 6.00. The van der Waals surface area contributed by atoms with Crippen LogP contribution in [0.2, 0.25) is 5.02 Å². The molecule has 116 valence electrons. The first-order chi connectivity index (χ1) is 10.5. The van der Waals surface area contributed by atoms with Crippen LogP contribution in [0.3, 0.4) is 0 Å². The fourth-order valence-corrected chi connectivity index (χ4v) is 2.82. The van der Waals surface area contributed by atoms with Crippen molar-refractivity contribution >= 4 is 29.5 Å². The number of halogens is 1. The Morgan fingerprint density at radius 3 is 2.91 bits per heavy atom. The molecule has 0 saturated carbocycles. The molecule has 1 aromatic carbocycles. The van der Waals surface area contributed by atoms with Gasteiger partial charge in [-0.2, -0.15) is 0 Å². The number of hydrogen-bond acceptors (Lipinski definition) is 4. The van der Waals surface area contributed by atoms with E-state index in [9.17, 15) is 9.59 Å². The first kappa shape index (κ1) is 14.7. The molecule has 0 spiro atoms. The van der Waals surface area contributed by atoms with Crippen molar-refractivity contribution in [3.63, 3.8) is 0 Å². The van der Waals surface area contributed by atoms with Gasteiger partial charge in [-0.1, -0.05) is 11.6 Å². The third-order valence-corrected chi connectivity index (χ3v) is 4.05. The van der Waals surface area contributed by atoms with Crippen LogP contribution in [-0.2, 0) is 9.59 Å². The Balaban J connectivity index is 1.68. The second-order valence-corrected chi connectivity index (χ2v) is 5.65. The van der Waals surface area contributed by atoms with E-state index in [-0.39, 0.29) is 24.5 Å². The molecule has 0 bridgehead atoms. The van der Waals surface area contributed by atoms with Crippen molar-refractivity contribution in [2.75, 3.05) is 19.9 Å². The summed E-state index contributed by atoms with van der Waals surface area (Å²) >= 11 is 6.09. The Morgan fingerprint density at radius 1 is 1.36 bits per heavy atom. The molecule has 7 heteroatoms. The Labute approximate surface area is 132 Å². The smallest absolute Gasteiger partial charge is 0.246 e. The zero-order chi connectivity index (χ0) is 15.7. The van der Waals surface area contributed by atoms with Gasteiger partial charge in [0, 0.05) is 19.2 Å². The zero-order valence-electron chi connectivity index (χ0n) is 11.8. The molecule has 6 nitrogen and oxygen atoms in total. The van der Waals surface area contributed by atoms with Crippen LogP contribution in [0, 0.1) is 5.92 Å². The lowest BCUT2D eigenvalue weighted by molar-refractivity contribution is -0.125. The lowest BCUT2D eigenvalue weighted by Gasteiger charge is -2.13. The molecule has 2 amide bonds. The topological polar surface area (TPSA) is 81.9 Å². The average Bonchev–Trinajstić information content (AvgIpc) is 3.13. The molecular weight excluding hydrogens is 308 g/mol. The van der Waals surface area contributed by atoms with E-state index in [2.05, 4.69) is 0 Å². The van der Waals surface area contributed by atoms with E-state index in [4.69, 9.17) is 26.8 Å². The van der Waals surface area contributed by atoms with Crippen LogP contribution in [0.15, 0.2) is 18.2 Å². The highest BCUT2D eigenvalue weighted by Crippen LogP contribution is 2.40. The maximum Gasteiger partial charge on any atom is 0.246 e. The van der Waals surface area contributed by atoms with E-state index in [1.807, 2.05) is 0 Å². The van der Waals surface area contributed by atoms with Gasteiger partial charge in [0.05, 0.1) is 10.9 Å². The van der Waals surface area contributed by atoms with E-state index in [1.54, 1.807) is 23.1 Å². The molecule has 0 aliphatic carbocycles. The predicted molar refractivity (Wildman–Crippen MR) is 80.5 cm³/mol. The normalized spacial score (nSPS) is 19.9. The van der Waals surface area contributed by atoms with Gasteiger partial charge in [0.2, 0.25) is 18.6 Å². The number of carbonyl (C=O) groups excluding carboxylic acids is 2. The van der Waals surface area contributed by atoms with Crippen molar-refractivity contribution in [1.82, 2.24) is 4.90 Å². The number of nitrogens with two attached hydrogens (primary N) is 1. The summed E-state index contributed by atoms with van der Waals surface area (Å²) in [6.45, 7) is 1.06. The van der Waals surface area contributed by atoms with Crippen molar-refractivity contribution in [3.8, 4) is 11.5 Å². The molecule has 2 N–H and O–H groups in total. The predicted octanol–water partition coefficient (Wildman–Crippen LogP) is 1.42. The first-order valence-corrected chi connectivity index (χ1v) is 7.28. The van der Waals surface area contributed by atoms with Gasteiger partial charge in [0.15, 0.2) is 11.5 Å². The van der Waals surface area contributed by atoms with Gasteiger partial charge in [-0.15, -0.1) is 0 Å². The Kier molecular flexibility index (Phi) is 3.94. The lowest BCUT2D eigenvalue weighted by atomic mass is 10.1. The van der Waals surface area contributed by atoms with E-state index in [1.165, 1.54) is 6.08 Å². The SMILES string of the molecule is NC(=O)C1CCN(C(=O)C=Cc2cc(Cl)c3c(c2)OCO3)C1. The quantitative estimate of drug-likeness (QED) is 0.853. The molecule has 1 fully saturated rings. The van der Waals surface area contributed by atoms with Gasteiger partial charge in [0.1, 0.15) is 0 Å². The molecule has 3 rings (SSSR count). The third-order valence-electron chi connectivity index (χ3n) is 3.77. The fourth-order valence-electron chi connectivity index (χ4n) is 2.55. The minimum Gasteiger partial charge on any atom is -0.454 e. The minimum absolute atomic E-state index is 0.142. The van der Waals surface area contributed by atoms with E-state index in [0.717, 1.165) is 5.56 Å². The molecule has 0 radical (unpaired) electrons. The second-order valence-electron chi connectivity index (χ2n) is 5.24. The van der Waals surface area contributed by atoms with Gasteiger partial charge in [-0.25, -0.2) is 0 Å². The summed E-state index contributed by atoms with van der Waals surface area (Å²) in [5, 5.41) is 0.442. The molecule has 2 aliphatic heterocycles. The molecule has 0 aromatic heterocycles. The van der Waals surface area contributed by atoms with E-state index >= 15 is 0 Å². The summed E-state index contributed by atoms with van der Waals surface area (Å²) in [5.74, 6) is 0.320. The van der Waals surface area contributed by atoms with Crippen LogP contribution in [0.4, 0.5) is 0 Å². The largest absolute Gasteiger partial charge is 0.454 e. The number of nitrogens with zero attached hydrogens (tertiary/aromatic N) is 1. The van der Waals surface area contributed by atoms with E-state index in [0.29, 0.717) is 36.0 Å². The van der Waals surface area contributed by atoms with Crippen LogP contribution in [-0.4, -0.2) is 36.6 Å². The van der Waals surface area contributed by atoms with Gasteiger partial charge in [0.25, 0.3) is 0 Å². The van der Waals surface area contributed by atoms with E-state index < -0.39 is 0 Å². The first-order valence-electron chi connectivity index (χ1n) is 6.90. The Bertz CT molecular complexity index is 659.